The molecule has 0 fully saturated rings. The van der Waals surface area contributed by atoms with Crippen LogP contribution in [0.1, 0.15) is 33.1 Å². The van der Waals surface area contributed by atoms with Crippen LogP contribution in [0.25, 0.3) is 0 Å². The predicted octanol–water partition coefficient (Wildman–Crippen LogP) is 3.81. The Morgan fingerprint density at radius 2 is 2.00 bits per heavy atom. The monoisotopic (exact) mass is 349 g/mol. The SMILES string of the molecule is Cc1cc(C(=O)C(C#N)c2ccc(C(F)(F)F)cn2)cc([N+](=O)[O-])c1. The van der Waals surface area contributed by atoms with Crippen molar-refractivity contribution in [1.82, 2.24) is 4.98 Å². The van der Waals surface area contributed by atoms with Gasteiger partial charge >= 0.3 is 6.18 Å². The number of nitrogens with zero attached hydrogens (tertiary/aromatic N) is 3. The highest BCUT2D eigenvalue weighted by Crippen LogP contribution is 2.30. The van der Waals surface area contributed by atoms with Crippen LogP contribution in [0.3, 0.4) is 0 Å². The lowest BCUT2D eigenvalue weighted by molar-refractivity contribution is -0.384. The second kappa shape index (κ2) is 6.68. The first-order valence-electron chi connectivity index (χ1n) is 6.86. The smallest absolute Gasteiger partial charge is 0.292 e. The number of aromatic nitrogens is 1. The Kier molecular flexibility index (Phi) is 4.83. The Bertz CT molecular complexity index is 871. The molecule has 1 heterocycles. The molecule has 1 aromatic heterocycles. The molecule has 1 atom stereocenters. The summed E-state index contributed by atoms with van der Waals surface area (Å²) >= 11 is 0. The molecular weight excluding hydrogens is 339 g/mol. The van der Waals surface area contributed by atoms with Gasteiger partial charge in [-0.05, 0) is 30.7 Å². The normalized spacial score (nSPS) is 12.3. The highest BCUT2D eigenvalue weighted by Gasteiger charge is 2.32. The van der Waals surface area contributed by atoms with Gasteiger partial charge < -0.3 is 0 Å². The summed E-state index contributed by atoms with van der Waals surface area (Å²) in [4.78, 5) is 26.2. The number of carbonyl (C=O) groups is 1. The minimum absolute atomic E-state index is 0.0834. The Morgan fingerprint density at radius 1 is 1.32 bits per heavy atom. The summed E-state index contributed by atoms with van der Waals surface area (Å²) in [6.07, 6.45) is -4.06. The largest absolute Gasteiger partial charge is 0.417 e. The maximum atomic E-state index is 12.6. The van der Waals surface area contributed by atoms with Gasteiger partial charge in [0.05, 0.1) is 22.2 Å². The molecule has 0 saturated carbocycles. The van der Waals surface area contributed by atoms with E-state index in [0.717, 1.165) is 18.2 Å². The summed E-state index contributed by atoms with van der Waals surface area (Å²) in [6, 6.07) is 6.98. The Labute approximate surface area is 139 Å². The molecule has 0 spiro atoms. The van der Waals surface area contributed by atoms with E-state index in [0.29, 0.717) is 11.8 Å². The van der Waals surface area contributed by atoms with Gasteiger partial charge in [-0.25, -0.2) is 0 Å². The van der Waals surface area contributed by atoms with E-state index in [1.165, 1.54) is 12.1 Å². The number of nitro benzene ring substituents is 1. The fourth-order valence-corrected chi connectivity index (χ4v) is 2.18. The van der Waals surface area contributed by atoms with Gasteiger partial charge in [0, 0.05) is 23.9 Å². The molecule has 0 bridgehead atoms. The topological polar surface area (TPSA) is 96.9 Å². The van der Waals surface area contributed by atoms with Gasteiger partial charge in [0.1, 0.15) is 0 Å². The minimum Gasteiger partial charge on any atom is -0.292 e. The number of carbonyl (C=O) groups excluding carboxylic acids is 1. The third-order valence-corrected chi connectivity index (χ3v) is 3.36. The first kappa shape index (κ1) is 18.1. The molecule has 0 saturated heterocycles. The first-order valence-corrected chi connectivity index (χ1v) is 6.86. The van der Waals surface area contributed by atoms with E-state index in [9.17, 15) is 33.3 Å². The summed E-state index contributed by atoms with van der Waals surface area (Å²) in [5.74, 6) is -2.25. The van der Waals surface area contributed by atoms with Gasteiger partial charge in [-0.1, -0.05) is 0 Å². The molecule has 25 heavy (non-hydrogen) atoms. The van der Waals surface area contributed by atoms with Gasteiger partial charge in [0.15, 0.2) is 11.7 Å². The molecule has 0 radical (unpaired) electrons. The summed E-state index contributed by atoms with van der Waals surface area (Å²) < 4.78 is 37.7. The zero-order valence-corrected chi connectivity index (χ0v) is 12.7. The molecule has 1 aromatic carbocycles. The predicted molar refractivity (Wildman–Crippen MR) is 79.8 cm³/mol. The van der Waals surface area contributed by atoms with E-state index < -0.39 is 28.4 Å². The third kappa shape index (κ3) is 3.98. The highest BCUT2D eigenvalue weighted by atomic mass is 19.4. The van der Waals surface area contributed by atoms with Crippen molar-refractivity contribution in [3.8, 4) is 6.07 Å². The van der Waals surface area contributed by atoms with Crippen molar-refractivity contribution in [1.29, 1.82) is 5.26 Å². The second-order valence-corrected chi connectivity index (χ2v) is 5.21. The van der Waals surface area contributed by atoms with E-state index in [-0.39, 0.29) is 16.9 Å². The molecule has 2 rings (SSSR count). The van der Waals surface area contributed by atoms with Crippen LogP contribution in [-0.2, 0) is 6.18 Å². The van der Waals surface area contributed by atoms with Crippen molar-refractivity contribution < 1.29 is 22.9 Å². The second-order valence-electron chi connectivity index (χ2n) is 5.21. The van der Waals surface area contributed by atoms with E-state index in [1.807, 2.05) is 0 Å². The minimum atomic E-state index is -4.59. The maximum absolute atomic E-state index is 12.6. The molecule has 9 heteroatoms. The molecule has 0 aliphatic rings. The number of ketones is 1. The Balaban J connectivity index is 2.40. The van der Waals surface area contributed by atoms with Crippen molar-refractivity contribution in [2.24, 2.45) is 0 Å². The van der Waals surface area contributed by atoms with E-state index in [2.05, 4.69) is 4.98 Å². The number of Topliss-reactive ketones (excluding diaryl/α,β-unsaturated/α-hetero) is 1. The lowest BCUT2D eigenvalue weighted by atomic mass is 9.94. The van der Waals surface area contributed by atoms with E-state index in [4.69, 9.17) is 0 Å². The quantitative estimate of drug-likeness (QED) is 0.475. The number of pyridine rings is 1. The van der Waals surface area contributed by atoms with Crippen molar-refractivity contribution in [3.05, 3.63) is 69.0 Å². The number of aryl methyl sites for hydroxylation is 1. The maximum Gasteiger partial charge on any atom is 0.417 e. The van der Waals surface area contributed by atoms with Crippen LogP contribution < -0.4 is 0 Å². The molecule has 6 nitrogen and oxygen atoms in total. The molecule has 0 aliphatic carbocycles. The van der Waals surface area contributed by atoms with Crippen LogP contribution in [0, 0.1) is 28.4 Å². The van der Waals surface area contributed by atoms with Gasteiger partial charge in [-0.3, -0.25) is 19.9 Å². The van der Waals surface area contributed by atoms with Gasteiger partial charge in [-0.15, -0.1) is 0 Å². The Hall–Kier alpha value is -3.28. The van der Waals surface area contributed by atoms with Crippen molar-refractivity contribution in [2.45, 2.75) is 19.0 Å². The summed E-state index contributed by atoms with van der Waals surface area (Å²) in [5.41, 5.74) is -1.13. The fourth-order valence-electron chi connectivity index (χ4n) is 2.18. The number of non-ortho nitro benzene ring substituents is 1. The number of hydrogen-bond acceptors (Lipinski definition) is 5. The highest BCUT2D eigenvalue weighted by molar-refractivity contribution is 6.03. The number of hydrogen-bond donors (Lipinski definition) is 0. The van der Waals surface area contributed by atoms with Gasteiger partial charge in [0.25, 0.3) is 5.69 Å². The fraction of sp³-hybridized carbons (Fsp3) is 0.188. The number of rotatable bonds is 4. The van der Waals surface area contributed by atoms with Crippen LogP contribution >= 0.6 is 0 Å². The standard InChI is InChI=1S/C16H10F3N3O3/c1-9-4-10(6-12(5-9)22(24)25)15(23)13(7-20)14-3-2-11(8-21-14)16(17,18)19/h2-6,8,13H,1H3. The van der Waals surface area contributed by atoms with Crippen LogP contribution in [0.5, 0.6) is 0 Å². The number of nitro groups is 1. The van der Waals surface area contributed by atoms with Gasteiger partial charge in [-0.2, -0.15) is 18.4 Å². The summed E-state index contributed by atoms with van der Waals surface area (Å²) in [6.45, 7) is 1.54. The van der Waals surface area contributed by atoms with Crippen LogP contribution in [0.4, 0.5) is 18.9 Å². The molecule has 0 N–H and O–H groups in total. The first-order chi connectivity index (χ1) is 11.6. The van der Waals surface area contributed by atoms with Crippen molar-refractivity contribution in [2.75, 3.05) is 0 Å². The average Bonchev–Trinajstić information content (AvgIpc) is 2.54. The lowest BCUT2D eigenvalue weighted by Crippen LogP contribution is -2.14. The molecule has 2 aromatic rings. The third-order valence-electron chi connectivity index (χ3n) is 3.36. The van der Waals surface area contributed by atoms with E-state index >= 15 is 0 Å². The lowest BCUT2D eigenvalue weighted by Gasteiger charge is -2.10. The van der Waals surface area contributed by atoms with Crippen LogP contribution in [0.15, 0.2) is 36.5 Å². The average molecular weight is 349 g/mol. The number of nitriles is 1. The molecule has 1 unspecified atom stereocenters. The zero-order chi connectivity index (χ0) is 18.8. The van der Waals surface area contributed by atoms with Gasteiger partial charge in [0.2, 0.25) is 0 Å². The number of alkyl halides is 3. The molecule has 128 valence electrons. The van der Waals surface area contributed by atoms with E-state index in [1.54, 1.807) is 13.0 Å². The van der Waals surface area contributed by atoms with Crippen molar-refractivity contribution in [3.63, 3.8) is 0 Å². The van der Waals surface area contributed by atoms with Crippen LogP contribution in [0.2, 0.25) is 0 Å². The van der Waals surface area contributed by atoms with Crippen molar-refractivity contribution >= 4 is 11.5 Å². The van der Waals surface area contributed by atoms with Crippen LogP contribution in [-0.4, -0.2) is 15.7 Å². The zero-order valence-electron chi connectivity index (χ0n) is 12.7. The summed E-state index contributed by atoms with van der Waals surface area (Å²) in [5, 5.41) is 20.1. The Morgan fingerprint density at radius 3 is 2.48 bits per heavy atom. The number of halogens is 3. The molecular formula is C16H10F3N3O3. The summed E-state index contributed by atoms with van der Waals surface area (Å²) in [7, 11) is 0. The molecule has 0 aliphatic heterocycles. The number of benzene rings is 1. The molecule has 0 amide bonds.